The smallest absolute Gasteiger partial charge is 0.408 e. The number of amides is 2. The van der Waals surface area contributed by atoms with Gasteiger partial charge in [0.1, 0.15) is 17.2 Å². The number of carbonyl (C=O) groups is 3. The molecule has 4 fully saturated rings. The van der Waals surface area contributed by atoms with E-state index in [0.717, 1.165) is 38.5 Å². The van der Waals surface area contributed by atoms with Crippen molar-refractivity contribution < 1.29 is 29.0 Å². The SMILES string of the molecule is CC[C@H](C)[C@H](NC(=O)OC(C)(C)C)C(=O)N1CC[C@@]2(C)[C@H](C[C@H](O)[C@@H]3[C@@H]2CC[C@]2(C)[C@@H]([C@H](C)CCCC(=O)OC(C)(C)C)CC[C@@H]32)C1. The molecule has 0 unspecified atom stereocenters. The molecule has 3 aliphatic carbocycles. The summed E-state index contributed by atoms with van der Waals surface area (Å²) >= 11 is 0. The van der Waals surface area contributed by atoms with Crippen molar-refractivity contribution in [3.05, 3.63) is 0 Å². The average Bonchev–Trinajstić information content (AvgIpc) is 3.30. The fraction of sp³-hybridized carbons (Fsp3) is 0.923. The maximum absolute atomic E-state index is 14.0. The summed E-state index contributed by atoms with van der Waals surface area (Å²) in [5.74, 6) is 2.51. The zero-order valence-electron chi connectivity index (χ0n) is 31.6. The molecular weight excluding hydrogens is 592 g/mol. The summed E-state index contributed by atoms with van der Waals surface area (Å²) in [5.41, 5.74) is -0.775. The van der Waals surface area contributed by atoms with Gasteiger partial charge < -0.3 is 24.8 Å². The Kier molecular flexibility index (Phi) is 11.5. The molecule has 0 radical (unpaired) electrons. The lowest BCUT2D eigenvalue weighted by atomic mass is 9.44. The van der Waals surface area contributed by atoms with E-state index < -0.39 is 23.3 Å². The third-order valence-electron chi connectivity index (χ3n) is 13.1. The number of fused-ring (bicyclic) bond motifs is 5. The number of aliphatic hydroxyl groups is 1. The third-order valence-corrected chi connectivity index (χ3v) is 13.1. The van der Waals surface area contributed by atoms with Gasteiger partial charge in [-0.15, -0.1) is 0 Å². The van der Waals surface area contributed by atoms with Gasteiger partial charge in [0.25, 0.3) is 0 Å². The molecule has 1 saturated heterocycles. The topological polar surface area (TPSA) is 105 Å². The van der Waals surface area contributed by atoms with Gasteiger partial charge in [-0.3, -0.25) is 9.59 Å². The van der Waals surface area contributed by atoms with E-state index in [-0.39, 0.29) is 40.6 Å². The fourth-order valence-corrected chi connectivity index (χ4v) is 10.6. The van der Waals surface area contributed by atoms with Crippen LogP contribution in [0.1, 0.15) is 140 Å². The van der Waals surface area contributed by atoms with Crippen LogP contribution < -0.4 is 5.32 Å². The molecule has 8 heteroatoms. The monoisotopic (exact) mass is 661 g/mol. The van der Waals surface area contributed by atoms with Gasteiger partial charge in [0, 0.05) is 19.5 Å². The number of alkyl carbamates (subject to hydrolysis) is 1. The van der Waals surface area contributed by atoms with Crippen LogP contribution in [0.4, 0.5) is 4.79 Å². The van der Waals surface area contributed by atoms with Gasteiger partial charge >= 0.3 is 12.1 Å². The summed E-state index contributed by atoms with van der Waals surface area (Å²) in [6.07, 6.45) is 8.61. The Balaban J connectivity index is 1.41. The molecule has 0 aromatic rings. The van der Waals surface area contributed by atoms with Crippen molar-refractivity contribution in [3.63, 3.8) is 0 Å². The number of piperidine rings is 1. The molecular formula is C39H68N2O6. The molecule has 4 rings (SSSR count). The third kappa shape index (κ3) is 8.32. The summed E-state index contributed by atoms with van der Waals surface area (Å²) in [5, 5.41) is 14.8. The minimum Gasteiger partial charge on any atom is -0.460 e. The fourth-order valence-electron chi connectivity index (χ4n) is 10.6. The molecule has 4 aliphatic rings. The van der Waals surface area contributed by atoms with Gasteiger partial charge in [0.05, 0.1) is 6.10 Å². The first-order valence-corrected chi connectivity index (χ1v) is 18.9. The van der Waals surface area contributed by atoms with E-state index in [1.54, 1.807) is 0 Å². The zero-order chi connectivity index (χ0) is 35.1. The van der Waals surface area contributed by atoms with Gasteiger partial charge in [-0.2, -0.15) is 0 Å². The number of ether oxygens (including phenoxy) is 2. The molecule has 270 valence electrons. The van der Waals surface area contributed by atoms with Crippen LogP contribution in [0.3, 0.4) is 0 Å². The van der Waals surface area contributed by atoms with E-state index in [1.807, 2.05) is 60.3 Å². The van der Waals surface area contributed by atoms with E-state index in [2.05, 4.69) is 26.1 Å². The summed E-state index contributed by atoms with van der Waals surface area (Å²) in [4.78, 5) is 41.0. The molecule has 11 atom stereocenters. The average molecular weight is 661 g/mol. The first-order chi connectivity index (χ1) is 21.7. The number of likely N-dealkylation sites (tertiary alicyclic amines) is 1. The summed E-state index contributed by atoms with van der Waals surface area (Å²) < 4.78 is 11.1. The highest BCUT2D eigenvalue weighted by Crippen LogP contribution is 2.67. The van der Waals surface area contributed by atoms with Crippen LogP contribution in [-0.4, -0.2) is 64.4 Å². The van der Waals surface area contributed by atoms with Crippen LogP contribution in [0, 0.1) is 52.3 Å². The van der Waals surface area contributed by atoms with Crippen molar-refractivity contribution in [1.82, 2.24) is 10.2 Å². The number of esters is 1. The highest BCUT2D eigenvalue weighted by atomic mass is 16.6. The second-order valence-corrected chi connectivity index (χ2v) is 18.5. The van der Waals surface area contributed by atoms with Crippen molar-refractivity contribution >= 4 is 18.0 Å². The second-order valence-electron chi connectivity index (χ2n) is 18.5. The second kappa shape index (κ2) is 14.2. The van der Waals surface area contributed by atoms with E-state index in [1.165, 1.54) is 19.3 Å². The van der Waals surface area contributed by atoms with Crippen LogP contribution in [0.5, 0.6) is 0 Å². The molecule has 8 nitrogen and oxygen atoms in total. The Morgan fingerprint density at radius 3 is 2.19 bits per heavy atom. The molecule has 47 heavy (non-hydrogen) atoms. The Morgan fingerprint density at radius 1 is 0.936 bits per heavy atom. The number of nitrogens with one attached hydrogen (secondary N) is 1. The number of hydrogen-bond donors (Lipinski definition) is 2. The lowest BCUT2D eigenvalue weighted by Gasteiger charge is -2.63. The van der Waals surface area contributed by atoms with Gasteiger partial charge in [-0.25, -0.2) is 4.79 Å². The Labute approximate surface area is 285 Å². The van der Waals surface area contributed by atoms with Crippen LogP contribution in [0.25, 0.3) is 0 Å². The molecule has 0 spiro atoms. The first kappa shape index (κ1) is 38.0. The van der Waals surface area contributed by atoms with Crippen LogP contribution in [-0.2, 0) is 19.1 Å². The summed E-state index contributed by atoms with van der Waals surface area (Å²) in [7, 11) is 0. The van der Waals surface area contributed by atoms with Gasteiger partial charge in [0.2, 0.25) is 5.91 Å². The number of nitrogens with zero attached hydrogens (tertiary/aromatic N) is 1. The summed E-state index contributed by atoms with van der Waals surface area (Å²) in [6, 6.07) is -0.627. The Hall–Kier alpha value is -1.83. The molecule has 0 aromatic heterocycles. The minimum atomic E-state index is -0.635. The predicted octanol–water partition coefficient (Wildman–Crippen LogP) is 7.75. The standard InChI is InChI=1S/C39H68N2O6/c1-12-24(2)33(40-35(45)47-37(7,8)9)34(44)41-21-20-38(10)26(23-41)22-30(42)32-28-17-16-27(39(28,11)19-18-29(32)38)25(3)14-13-15-31(43)46-36(4,5)6/h24-30,32-33,42H,12-23H2,1-11H3,(H,40,45)/t24-,25+,26+,27+,28-,29-,30-,32-,33-,38-,39+/m0/s1. The minimum absolute atomic E-state index is 0.0179. The molecule has 0 bridgehead atoms. The highest BCUT2D eigenvalue weighted by Gasteiger charge is 2.63. The lowest BCUT2D eigenvalue weighted by molar-refractivity contribution is -0.177. The van der Waals surface area contributed by atoms with Crippen molar-refractivity contribution in [2.75, 3.05) is 13.1 Å². The van der Waals surface area contributed by atoms with E-state index in [0.29, 0.717) is 49.1 Å². The molecule has 1 heterocycles. The van der Waals surface area contributed by atoms with E-state index in [4.69, 9.17) is 9.47 Å². The highest BCUT2D eigenvalue weighted by molar-refractivity contribution is 5.86. The van der Waals surface area contributed by atoms with E-state index in [9.17, 15) is 19.5 Å². The van der Waals surface area contributed by atoms with Crippen LogP contribution in [0.2, 0.25) is 0 Å². The van der Waals surface area contributed by atoms with Crippen molar-refractivity contribution in [1.29, 1.82) is 0 Å². The van der Waals surface area contributed by atoms with Crippen LogP contribution >= 0.6 is 0 Å². The number of hydrogen-bond acceptors (Lipinski definition) is 6. The molecule has 2 amide bonds. The normalized spacial score (nSPS) is 35.9. The Bertz CT molecular complexity index is 1130. The lowest BCUT2D eigenvalue weighted by Crippen LogP contribution is -2.63. The molecule has 0 aromatic carbocycles. The summed E-state index contributed by atoms with van der Waals surface area (Å²) in [6.45, 7) is 24.0. The van der Waals surface area contributed by atoms with Crippen LogP contribution in [0.15, 0.2) is 0 Å². The van der Waals surface area contributed by atoms with Gasteiger partial charge in [-0.05, 0) is 145 Å². The number of carbonyl (C=O) groups excluding carboxylic acids is 3. The van der Waals surface area contributed by atoms with Crippen molar-refractivity contribution in [3.8, 4) is 0 Å². The van der Waals surface area contributed by atoms with Crippen molar-refractivity contribution in [2.45, 2.75) is 164 Å². The maximum atomic E-state index is 14.0. The predicted molar refractivity (Wildman–Crippen MR) is 185 cm³/mol. The quantitative estimate of drug-likeness (QED) is 0.245. The largest absolute Gasteiger partial charge is 0.460 e. The van der Waals surface area contributed by atoms with E-state index >= 15 is 0 Å². The molecule has 2 N–H and O–H groups in total. The zero-order valence-corrected chi connectivity index (χ0v) is 31.6. The van der Waals surface area contributed by atoms with Gasteiger partial charge in [0.15, 0.2) is 0 Å². The first-order valence-electron chi connectivity index (χ1n) is 18.9. The molecule has 3 saturated carbocycles. The molecule has 1 aliphatic heterocycles. The van der Waals surface area contributed by atoms with Gasteiger partial charge in [-0.1, -0.05) is 41.0 Å². The maximum Gasteiger partial charge on any atom is 0.408 e. The van der Waals surface area contributed by atoms with Crippen molar-refractivity contribution in [2.24, 2.45) is 52.3 Å². The Morgan fingerprint density at radius 2 is 1.57 bits per heavy atom. The number of aliphatic hydroxyl groups excluding tert-OH is 1. The number of rotatable bonds is 9.